The molecule has 0 aromatic heterocycles. The Morgan fingerprint density at radius 2 is 1.65 bits per heavy atom. The van der Waals surface area contributed by atoms with Crippen molar-refractivity contribution in [2.24, 2.45) is 0 Å². The number of carbonyl (C=O) groups is 2. The monoisotopic (exact) mass is 530 g/mol. The Morgan fingerprint density at radius 1 is 0.973 bits per heavy atom. The normalized spacial score (nSPS) is 12.3. The quantitative estimate of drug-likeness (QED) is 0.397. The van der Waals surface area contributed by atoms with Crippen molar-refractivity contribution >= 4 is 27.7 Å². The predicted molar refractivity (Wildman–Crippen MR) is 150 cm³/mol. The van der Waals surface area contributed by atoms with Gasteiger partial charge in [-0.2, -0.15) is 12.7 Å². The smallest absolute Gasteiger partial charge is 0.304 e. The lowest BCUT2D eigenvalue weighted by Gasteiger charge is -2.34. The molecular weight excluding hydrogens is 488 g/mol. The molecule has 2 rings (SSSR count). The van der Waals surface area contributed by atoms with E-state index in [2.05, 4.69) is 5.32 Å². The van der Waals surface area contributed by atoms with Gasteiger partial charge in [0.2, 0.25) is 11.8 Å². The van der Waals surface area contributed by atoms with Crippen LogP contribution in [0, 0.1) is 20.8 Å². The fourth-order valence-corrected chi connectivity index (χ4v) is 5.24. The van der Waals surface area contributed by atoms with Crippen molar-refractivity contribution in [3.63, 3.8) is 0 Å². The zero-order valence-corrected chi connectivity index (χ0v) is 24.1. The van der Waals surface area contributed by atoms with Crippen molar-refractivity contribution in [3.05, 3.63) is 64.7 Å². The molecule has 0 aliphatic rings. The van der Waals surface area contributed by atoms with Crippen LogP contribution in [-0.2, 0) is 26.3 Å². The Balaban J connectivity index is 2.52. The van der Waals surface area contributed by atoms with Crippen molar-refractivity contribution in [2.45, 2.75) is 66.5 Å². The first kappa shape index (κ1) is 30.3. The van der Waals surface area contributed by atoms with E-state index < -0.39 is 28.7 Å². The second-order valence-corrected chi connectivity index (χ2v) is 11.7. The summed E-state index contributed by atoms with van der Waals surface area (Å²) in [4.78, 5) is 28.6. The number of amides is 2. The molecule has 0 heterocycles. The minimum absolute atomic E-state index is 0.197. The topological polar surface area (TPSA) is 90.0 Å². The van der Waals surface area contributed by atoms with E-state index >= 15 is 0 Å². The van der Waals surface area contributed by atoms with Crippen molar-refractivity contribution < 1.29 is 18.0 Å². The van der Waals surface area contributed by atoms with Crippen LogP contribution in [0.5, 0.6) is 0 Å². The van der Waals surface area contributed by atoms with Crippen LogP contribution in [0.2, 0.25) is 0 Å². The second kappa shape index (κ2) is 13.6. The average Bonchev–Trinajstić information content (AvgIpc) is 2.84. The van der Waals surface area contributed by atoms with Gasteiger partial charge in [-0.1, -0.05) is 62.2 Å². The number of nitrogens with zero attached hydrogens (tertiary/aromatic N) is 3. The number of aryl methyl sites for hydroxylation is 3. The lowest BCUT2D eigenvalue weighted by Crippen LogP contribution is -2.53. The highest BCUT2D eigenvalue weighted by atomic mass is 32.2. The lowest BCUT2D eigenvalue weighted by molar-refractivity contribution is -0.140. The summed E-state index contributed by atoms with van der Waals surface area (Å²) in [6.07, 6.45) is 2.19. The van der Waals surface area contributed by atoms with E-state index in [1.54, 1.807) is 6.07 Å². The molecule has 2 aromatic carbocycles. The highest BCUT2D eigenvalue weighted by molar-refractivity contribution is 7.90. The minimum Gasteiger partial charge on any atom is -0.354 e. The van der Waals surface area contributed by atoms with E-state index in [1.807, 2.05) is 71.0 Å². The van der Waals surface area contributed by atoms with E-state index in [-0.39, 0.29) is 12.5 Å². The third kappa shape index (κ3) is 8.04. The number of nitrogens with one attached hydrogen (secondary N) is 1. The summed E-state index contributed by atoms with van der Waals surface area (Å²) in [6, 6.07) is 12.5. The molecule has 0 radical (unpaired) electrons. The van der Waals surface area contributed by atoms with Gasteiger partial charge in [0.1, 0.15) is 12.6 Å². The van der Waals surface area contributed by atoms with E-state index in [4.69, 9.17) is 0 Å². The summed E-state index contributed by atoms with van der Waals surface area (Å²) < 4.78 is 29.1. The molecule has 2 aromatic rings. The molecule has 1 unspecified atom stereocenters. The van der Waals surface area contributed by atoms with Crippen LogP contribution in [0.15, 0.2) is 42.5 Å². The van der Waals surface area contributed by atoms with Crippen LogP contribution in [0.4, 0.5) is 5.69 Å². The van der Waals surface area contributed by atoms with Crippen LogP contribution in [0.1, 0.15) is 55.4 Å². The number of unbranched alkanes of at least 4 members (excludes halogenated alkanes) is 1. The fraction of sp³-hybridized carbons (Fsp3) is 0.500. The molecule has 0 aliphatic heterocycles. The summed E-state index contributed by atoms with van der Waals surface area (Å²) >= 11 is 0. The zero-order chi connectivity index (χ0) is 27.8. The molecule has 37 heavy (non-hydrogen) atoms. The molecule has 0 fully saturated rings. The van der Waals surface area contributed by atoms with E-state index in [0.29, 0.717) is 18.7 Å². The lowest BCUT2D eigenvalue weighted by atomic mass is 10.1. The Bertz CT molecular complexity index is 1180. The molecule has 0 saturated carbocycles. The molecule has 204 valence electrons. The van der Waals surface area contributed by atoms with Crippen molar-refractivity contribution in [3.8, 4) is 0 Å². The highest BCUT2D eigenvalue weighted by Crippen LogP contribution is 2.26. The first-order chi connectivity index (χ1) is 17.4. The Kier molecular flexibility index (Phi) is 11.1. The molecular formula is C28H42N4O4S. The number of anilines is 1. The first-order valence-corrected chi connectivity index (χ1v) is 14.2. The number of carbonyl (C=O) groups excluding carboxylic acids is 2. The molecule has 8 nitrogen and oxygen atoms in total. The maximum atomic E-state index is 13.9. The summed E-state index contributed by atoms with van der Waals surface area (Å²) in [5.41, 5.74) is 3.97. The van der Waals surface area contributed by atoms with Gasteiger partial charge < -0.3 is 10.2 Å². The van der Waals surface area contributed by atoms with E-state index in [9.17, 15) is 18.0 Å². The maximum absolute atomic E-state index is 13.9. The average molecular weight is 531 g/mol. The van der Waals surface area contributed by atoms with Crippen molar-refractivity contribution in [1.82, 2.24) is 14.5 Å². The fourth-order valence-electron chi connectivity index (χ4n) is 4.12. The SMILES string of the molecule is CCCCNC(=O)C(CC)N(Cc1cccc(C)c1)C(=O)CN(c1cc(C)ccc1C)S(=O)(=O)N(C)C. The van der Waals surface area contributed by atoms with Crippen molar-refractivity contribution in [1.29, 1.82) is 0 Å². The predicted octanol–water partition coefficient (Wildman–Crippen LogP) is 3.95. The van der Waals surface area contributed by atoms with Gasteiger partial charge >= 0.3 is 10.2 Å². The molecule has 1 N–H and O–H groups in total. The number of rotatable bonds is 13. The third-order valence-electron chi connectivity index (χ3n) is 6.30. The number of hydrogen-bond donors (Lipinski definition) is 1. The Morgan fingerprint density at radius 3 is 2.24 bits per heavy atom. The van der Waals surface area contributed by atoms with E-state index in [0.717, 1.165) is 43.7 Å². The number of hydrogen-bond acceptors (Lipinski definition) is 4. The van der Waals surface area contributed by atoms with Gasteiger partial charge in [0.25, 0.3) is 0 Å². The summed E-state index contributed by atoms with van der Waals surface area (Å²) in [7, 11) is -1.11. The van der Waals surface area contributed by atoms with Gasteiger partial charge in [-0.05, 0) is 56.4 Å². The van der Waals surface area contributed by atoms with Crippen LogP contribution >= 0.6 is 0 Å². The molecule has 1 atom stereocenters. The molecule has 0 spiro atoms. The van der Waals surface area contributed by atoms with Gasteiger partial charge in [-0.25, -0.2) is 4.31 Å². The van der Waals surface area contributed by atoms with Crippen LogP contribution in [-0.4, -0.2) is 62.7 Å². The maximum Gasteiger partial charge on any atom is 0.304 e. The third-order valence-corrected chi connectivity index (χ3v) is 8.11. The largest absolute Gasteiger partial charge is 0.354 e. The molecule has 9 heteroatoms. The van der Waals surface area contributed by atoms with Crippen LogP contribution < -0.4 is 9.62 Å². The molecule has 0 saturated heterocycles. The summed E-state index contributed by atoms with van der Waals surface area (Å²) in [5.74, 6) is -0.670. The summed E-state index contributed by atoms with van der Waals surface area (Å²) in [5, 5.41) is 2.94. The zero-order valence-electron chi connectivity index (χ0n) is 23.2. The van der Waals surface area contributed by atoms with E-state index in [1.165, 1.54) is 19.0 Å². The first-order valence-electron chi connectivity index (χ1n) is 12.8. The highest BCUT2D eigenvalue weighted by Gasteiger charge is 2.34. The van der Waals surface area contributed by atoms with Crippen LogP contribution in [0.3, 0.4) is 0 Å². The standard InChI is InChI=1S/C28H42N4O4S/c1-8-10-16-29-28(34)25(9-2)31(19-24-13-11-12-21(3)17-24)27(33)20-32(37(35,36)30(6)7)26-18-22(4)14-15-23(26)5/h11-15,17-18,25H,8-10,16,19-20H2,1-7H3,(H,29,34). The Hall–Kier alpha value is -2.91. The van der Waals surface area contributed by atoms with Crippen molar-refractivity contribution in [2.75, 3.05) is 31.5 Å². The van der Waals surface area contributed by atoms with Gasteiger partial charge in [0.05, 0.1) is 5.69 Å². The minimum atomic E-state index is -3.99. The van der Waals surface area contributed by atoms with Gasteiger partial charge in [-0.3, -0.25) is 9.59 Å². The molecule has 0 aliphatic carbocycles. The van der Waals surface area contributed by atoms with Crippen LogP contribution in [0.25, 0.3) is 0 Å². The van der Waals surface area contributed by atoms with Gasteiger partial charge in [0, 0.05) is 27.2 Å². The molecule has 2 amide bonds. The van der Waals surface area contributed by atoms with Gasteiger partial charge in [-0.15, -0.1) is 0 Å². The molecule has 0 bridgehead atoms. The Labute approximate surface area is 222 Å². The second-order valence-electron chi connectivity index (χ2n) is 9.67. The summed E-state index contributed by atoms with van der Waals surface area (Å²) in [6.45, 7) is 9.88. The number of benzene rings is 2. The van der Waals surface area contributed by atoms with Gasteiger partial charge in [0.15, 0.2) is 0 Å².